The highest BCUT2D eigenvalue weighted by molar-refractivity contribution is 5.88. The lowest BCUT2D eigenvalue weighted by atomic mass is 9.90. The molecule has 2 amide bonds. The van der Waals surface area contributed by atoms with E-state index in [4.69, 9.17) is 9.47 Å². The Balaban J connectivity index is 1.56. The molecule has 32 heavy (non-hydrogen) atoms. The summed E-state index contributed by atoms with van der Waals surface area (Å²) in [5.41, 5.74) is 1.94. The molecule has 2 fully saturated rings. The van der Waals surface area contributed by atoms with E-state index in [0.29, 0.717) is 26.2 Å². The molecule has 0 saturated carbocycles. The second-order valence-electron chi connectivity index (χ2n) is 8.85. The number of nitrogens with one attached hydrogen (secondary N) is 1. The van der Waals surface area contributed by atoms with Crippen LogP contribution in [0.3, 0.4) is 0 Å². The van der Waals surface area contributed by atoms with Crippen LogP contribution in [-0.2, 0) is 25.5 Å². The first-order chi connectivity index (χ1) is 15.5. The summed E-state index contributed by atoms with van der Waals surface area (Å²) in [6.07, 6.45) is 5.18. The summed E-state index contributed by atoms with van der Waals surface area (Å²) in [5.74, 6) is -0.229. The molecule has 2 aliphatic rings. The Morgan fingerprint density at radius 3 is 2.66 bits per heavy atom. The topological polar surface area (TPSA) is 80.8 Å². The highest BCUT2D eigenvalue weighted by Gasteiger charge is 2.46. The number of carbonyl (C=O) groups is 2. The van der Waals surface area contributed by atoms with Crippen molar-refractivity contribution in [2.75, 3.05) is 26.3 Å². The van der Waals surface area contributed by atoms with Crippen molar-refractivity contribution in [3.63, 3.8) is 0 Å². The third kappa shape index (κ3) is 5.00. The van der Waals surface area contributed by atoms with Crippen LogP contribution in [0.4, 0.5) is 0 Å². The highest BCUT2D eigenvalue weighted by Crippen LogP contribution is 2.27. The Bertz CT molecular complexity index is 926. The molecule has 1 N–H and O–H groups in total. The molecule has 0 radical (unpaired) electrons. The van der Waals surface area contributed by atoms with Gasteiger partial charge in [-0.3, -0.25) is 14.6 Å². The number of hydrogen-bond donors (Lipinski definition) is 1. The van der Waals surface area contributed by atoms with Gasteiger partial charge in [-0.25, -0.2) is 0 Å². The van der Waals surface area contributed by atoms with Crippen LogP contribution in [0.15, 0.2) is 48.8 Å². The molecule has 0 aliphatic carbocycles. The van der Waals surface area contributed by atoms with E-state index in [-0.39, 0.29) is 24.4 Å². The number of hydrogen-bond acceptors (Lipinski definition) is 5. The van der Waals surface area contributed by atoms with E-state index >= 15 is 0 Å². The fourth-order valence-corrected chi connectivity index (χ4v) is 4.34. The van der Waals surface area contributed by atoms with Crippen molar-refractivity contribution in [2.24, 2.45) is 0 Å². The maximum absolute atomic E-state index is 13.3. The van der Waals surface area contributed by atoms with E-state index in [0.717, 1.165) is 29.5 Å². The van der Waals surface area contributed by atoms with E-state index in [9.17, 15) is 9.59 Å². The largest absolute Gasteiger partial charge is 0.368 e. The van der Waals surface area contributed by atoms with E-state index in [1.165, 1.54) is 0 Å². The van der Waals surface area contributed by atoms with Crippen molar-refractivity contribution in [1.82, 2.24) is 15.2 Å². The minimum atomic E-state index is -1.13. The van der Waals surface area contributed by atoms with Crippen molar-refractivity contribution in [2.45, 2.75) is 50.9 Å². The Morgan fingerprint density at radius 2 is 2.00 bits per heavy atom. The van der Waals surface area contributed by atoms with Crippen LogP contribution in [0.5, 0.6) is 0 Å². The van der Waals surface area contributed by atoms with Crippen molar-refractivity contribution >= 4 is 11.8 Å². The second-order valence-corrected chi connectivity index (χ2v) is 8.85. The van der Waals surface area contributed by atoms with Crippen LogP contribution in [0.2, 0.25) is 0 Å². The van der Waals surface area contributed by atoms with Crippen LogP contribution in [0, 0.1) is 0 Å². The summed E-state index contributed by atoms with van der Waals surface area (Å²) >= 11 is 0. The lowest BCUT2D eigenvalue weighted by Crippen LogP contribution is -2.63. The first-order valence-electron chi connectivity index (χ1n) is 11.3. The fraction of sp³-hybridized carbons (Fsp3) is 0.480. The van der Waals surface area contributed by atoms with Gasteiger partial charge in [-0.2, -0.15) is 0 Å². The first kappa shape index (κ1) is 22.4. The molecule has 0 spiro atoms. The zero-order valence-electron chi connectivity index (χ0n) is 18.8. The monoisotopic (exact) mass is 437 g/mol. The first-order valence-corrected chi connectivity index (χ1v) is 11.3. The third-order valence-corrected chi connectivity index (χ3v) is 5.97. The van der Waals surface area contributed by atoms with E-state index in [2.05, 4.69) is 10.3 Å². The van der Waals surface area contributed by atoms with Gasteiger partial charge in [-0.15, -0.1) is 0 Å². The van der Waals surface area contributed by atoms with Crippen LogP contribution < -0.4 is 5.32 Å². The SMILES string of the molecule is CC(C)NC(=O)[C@@]1(Cc2ccc(-c3cccnc3)cc2)CN(C(=O)[C@H]2CCCO2)CCO1. The zero-order chi connectivity index (χ0) is 22.6. The van der Waals surface area contributed by atoms with Crippen LogP contribution in [0.1, 0.15) is 32.3 Å². The average Bonchev–Trinajstić information content (AvgIpc) is 3.34. The molecular formula is C25H31N3O4. The van der Waals surface area contributed by atoms with Gasteiger partial charge in [-0.1, -0.05) is 30.3 Å². The molecular weight excluding hydrogens is 406 g/mol. The Labute approximate surface area is 189 Å². The fourth-order valence-electron chi connectivity index (χ4n) is 4.34. The lowest BCUT2D eigenvalue weighted by molar-refractivity contribution is -0.170. The molecule has 1 aromatic heterocycles. The molecule has 2 atom stereocenters. The number of morpholine rings is 1. The number of pyridine rings is 1. The third-order valence-electron chi connectivity index (χ3n) is 5.97. The normalized spacial score (nSPS) is 23.3. The van der Waals surface area contributed by atoms with Crippen molar-refractivity contribution in [1.29, 1.82) is 0 Å². The summed E-state index contributed by atoms with van der Waals surface area (Å²) in [6, 6.07) is 12.0. The molecule has 0 unspecified atom stereocenters. The lowest BCUT2D eigenvalue weighted by Gasteiger charge is -2.42. The summed E-state index contributed by atoms with van der Waals surface area (Å²) in [6.45, 7) is 5.46. The number of carbonyl (C=O) groups excluding carboxylic acids is 2. The van der Waals surface area contributed by atoms with Crippen LogP contribution in [0.25, 0.3) is 11.1 Å². The van der Waals surface area contributed by atoms with E-state index < -0.39 is 11.7 Å². The molecule has 170 valence electrons. The van der Waals surface area contributed by atoms with Crippen LogP contribution >= 0.6 is 0 Å². The molecule has 7 heteroatoms. The average molecular weight is 438 g/mol. The molecule has 4 rings (SSSR count). The Kier molecular flexibility index (Phi) is 6.86. The molecule has 1 aromatic carbocycles. The predicted octanol–water partition coefficient (Wildman–Crippen LogP) is 2.59. The Morgan fingerprint density at radius 1 is 1.19 bits per heavy atom. The maximum atomic E-state index is 13.3. The standard InChI is InChI=1S/C25H31N3O4/c1-18(2)27-24(30)25(17-28(12-14-32-25)23(29)22-6-4-13-31-22)15-19-7-9-20(10-8-19)21-5-3-11-26-16-21/h3,5,7-11,16,18,22H,4,6,12-15,17H2,1-2H3,(H,27,30)/t22-,25-/m1/s1. The predicted molar refractivity (Wildman–Crippen MR) is 121 cm³/mol. The summed E-state index contributed by atoms with van der Waals surface area (Å²) < 4.78 is 11.7. The summed E-state index contributed by atoms with van der Waals surface area (Å²) in [5, 5.41) is 3.00. The van der Waals surface area contributed by atoms with Crippen molar-refractivity contribution in [3.05, 3.63) is 54.4 Å². The number of aromatic nitrogens is 1. The van der Waals surface area contributed by atoms with Gasteiger partial charge in [0, 0.05) is 38.0 Å². The smallest absolute Gasteiger partial charge is 0.254 e. The number of ether oxygens (including phenoxy) is 2. The van der Waals surface area contributed by atoms with Gasteiger partial charge >= 0.3 is 0 Å². The van der Waals surface area contributed by atoms with E-state index in [1.807, 2.05) is 56.4 Å². The number of amides is 2. The van der Waals surface area contributed by atoms with Crippen LogP contribution in [-0.4, -0.2) is 65.7 Å². The van der Waals surface area contributed by atoms with Crippen molar-refractivity contribution < 1.29 is 19.1 Å². The molecule has 0 bridgehead atoms. The van der Waals surface area contributed by atoms with Gasteiger partial charge in [0.1, 0.15) is 6.10 Å². The molecule has 7 nitrogen and oxygen atoms in total. The Hall–Kier alpha value is -2.77. The number of benzene rings is 1. The molecule has 3 heterocycles. The van der Waals surface area contributed by atoms with Gasteiger partial charge in [0.2, 0.25) is 0 Å². The van der Waals surface area contributed by atoms with Gasteiger partial charge in [0.15, 0.2) is 5.60 Å². The number of nitrogens with zero attached hydrogens (tertiary/aromatic N) is 2. The zero-order valence-corrected chi connectivity index (χ0v) is 18.8. The molecule has 2 saturated heterocycles. The number of rotatable bonds is 6. The highest BCUT2D eigenvalue weighted by atomic mass is 16.5. The van der Waals surface area contributed by atoms with E-state index in [1.54, 1.807) is 11.1 Å². The summed E-state index contributed by atoms with van der Waals surface area (Å²) in [7, 11) is 0. The second kappa shape index (κ2) is 9.79. The molecule has 2 aromatic rings. The van der Waals surface area contributed by atoms with Gasteiger partial charge < -0.3 is 19.7 Å². The minimum absolute atomic E-state index is 0.0276. The maximum Gasteiger partial charge on any atom is 0.254 e. The van der Waals surface area contributed by atoms with Gasteiger partial charge in [-0.05, 0) is 49.4 Å². The minimum Gasteiger partial charge on any atom is -0.368 e. The van der Waals surface area contributed by atoms with Gasteiger partial charge in [0.05, 0.1) is 13.2 Å². The molecule has 2 aliphatic heterocycles. The summed E-state index contributed by atoms with van der Waals surface area (Å²) in [4.78, 5) is 32.2. The van der Waals surface area contributed by atoms with Gasteiger partial charge in [0.25, 0.3) is 11.8 Å². The van der Waals surface area contributed by atoms with Crippen molar-refractivity contribution in [3.8, 4) is 11.1 Å². The quantitative estimate of drug-likeness (QED) is 0.751.